The summed E-state index contributed by atoms with van der Waals surface area (Å²) in [6.07, 6.45) is 1.97. The fourth-order valence-corrected chi connectivity index (χ4v) is 1.93. The molecule has 0 saturated heterocycles. The van der Waals surface area contributed by atoms with Gasteiger partial charge in [0.05, 0.1) is 6.61 Å². The van der Waals surface area contributed by atoms with E-state index in [2.05, 4.69) is 25.9 Å². The number of hydrogen-bond donors (Lipinski definition) is 1. The van der Waals surface area contributed by atoms with E-state index in [-0.39, 0.29) is 11.4 Å². The molecule has 2 rings (SSSR count). The molecule has 5 nitrogen and oxygen atoms in total. The van der Waals surface area contributed by atoms with Gasteiger partial charge in [0, 0.05) is 17.1 Å². The minimum absolute atomic E-state index is 0.144. The second-order valence-electron chi connectivity index (χ2n) is 4.11. The van der Waals surface area contributed by atoms with E-state index in [4.69, 9.17) is 10.5 Å². The largest absolute Gasteiger partial charge is 0.462 e. The molecule has 1 heterocycles. The van der Waals surface area contributed by atoms with Crippen molar-refractivity contribution in [1.29, 1.82) is 0 Å². The zero-order chi connectivity index (χ0) is 14.5. The van der Waals surface area contributed by atoms with Crippen LogP contribution in [-0.2, 0) is 11.2 Å². The highest BCUT2D eigenvalue weighted by Gasteiger charge is 2.13. The number of aromatic nitrogens is 2. The summed E-state index contributed by atoms with van der Waals surface area (Å²) in [5.41, 5.74) is 7.04. The molecule has 0 saturated carbocycles. The van der Waals surface area contributed by atoms with Gasteiger partial charge in [-0.25, -0.2) is 14.8 Å². The Labute approximate surface area is 125 Å². The highest BCUT2D eigenvalue weighted by molar-refractivity contribution is 9.10. The number of hydrogen-bond acceptors (Lipinski definition) is 5. The first-order valence-electron chi connectivity index (χ1n) is 6.13. The molecular weight excluding hydrogens is 322 g/mol. The lowest BCUT2D eigenvalue weighted by Crippen LogP contribution is -2.12. The molecule has 0 radical (unpaired) electrons. The van der Waals surface area contributed by atoms with E-state index in [1.165, 1.54) is 6.20 Å². The van der Waals surface area contributed by atoms with Crippen LogP contribution in [0.4, 0.5) is 5.82 Å². The SMILES string of the molecule is CCOC(=O)c1cnc(Cc2ccc(Br)cc2)nc1N. The predicted molar refractivity (Wildman–Crippen MR) is 79.3 cm³/mol. The van der Waals surface area contributed by atoms with Crippen molar-refractivity contribution in [3.05, 3.63) is 51.9 Å². The highest BCUT2D eigenvalue weighted by Crippen LogP contribution is 2.14. The van der Waals surface area contributed by atoms with E-state index in [1.54, 1.807) is 6.92 Å². The summed E-state index contributed by atoms with van der Waals surface area (Å²) >= 11 is 3.38. The molecule has 0 aliphatic rings. The van der Waals surface area contributed by atoms with E-state index in [1.807, 2.05) is 24.3 Å². The van der Waals surface area contributed by atoms with Crippen LogP contribution in [0.2, 0.25) is 0 Å². The first kappa shape index (κ1) is 14.5. The molecule has 1 aromatic heterocycles. The van der Waals surface area contributed by atoms with E-state index in [0.29, 0.717) is 18.9 Å². The van der Waals surface area contributed by atoms with E-state index in [0.717, 1.165) is 10.0 Å². The topological polar surface area (TPSA) is 78.1 Å². The molecule has 0 spiro atoms. The lowest BCUT2D eigenvalue weighted by molar-refractivity contribution is 0.0526. The number of benzene rings is 1. The smallest absolute Gasteiger partial charge is 0.343 e. The Kier molecular flexibility index (Phi) is 4.68. The van der Waals surface area contributed by atoms with Gasteiger partial charge in [-0.3, -0.25) is 0 Å². The van der Waals surface area contributed by atoms with Crippen LogP contribution >= 0.6 is 15.9 Å². The van der Waals surface area contributed by atoms with E-state index in [9.17, 15) is 4.79 Å². The predicted octanol–water partition coefficient (Wildman–Crippen LogP) is 2.59. The number of halogens is 1. The number of ether oxygens (including phenoxy) is 1. The lowest BCUT2D eigenvalue weighted by atomic mass is 10.1. The molecule has 0 fully saturated rings. The maximum atomic E-state index is 11.6. The molecule has 2 N–H and O–H groups in total. The Bertz CT molecular complexity index is 614. The molecule has 0 bridgehead atoms. The number of carbonyl (C=O) groups is 1. The number of esters is 1. The molecule has 104 valence electrons. The van der Waals surface area contributed by atoms with Gasteiger partial charge in [0.1, 0.15) is 17.2 Å². The summed E-state index contributed by atoms with van der Waals surface area (Å²) in [6, 6.07) is 7.85. The van der Waals surface area contributed by atoms with E-state index < -0.39 is 5.97 Å². The van der Waals surface area contributed by atoms with Gasteiger partial charge >= 0.3 is 5.97 Å². The first-order chi connectivity index (χ1) is 9.60. The number of nitrogen functional groups attached to an aromatic ring is 1. The number of anilines is 1. The third kappa shape index (κ3) is 3.54. The van der Waals surface area contributed by atoms with Crippen LogP contribution in [0.3, 0.4) is 0 Å². The van der Waals surface area contributed by atoms with Gasteiger partial charge in [-0.05, 0) is 24.6 Å². The molecule has 0 amide bonds. The molecule has 0 aliphatic heterocycles. The van der Waals surface area contributed by atoms with Gasteiger partial charge in [0.25, 0.3) is 0 Å². The second kappa shape index (κ2) is 6.47. The Morgan fingerprint density at radius 2 is 2.05 bits per heavy atom. The molecule has 0 aliphatic carbocycles. The van der Waals surface area contributed by atoms with Crippen LogP contribution in [-0.4, -0.2) is 22.5 Å². The van der Waals surface area contributed by atoms with Crippen molar-refractivity contribution in [3.63, 3.8) is 0 Å². The molecule has 2 aromatic rings. The second-order valence-corrected chi connectivity index (χ2v) is 5.02. The van der Waals surface area contributed by atoms with Crippen LogP contribution in [0.25, 0.3) is 0 Å². The molecule has 6 heteroatoms. The van der Waals surface area contributed by atoms with Crippen molar-refractivity contribution in [3.8, 4) is 0 Å². The summed E-state index contributed by atoms with van der Waals surface area (Å²) in [7, 11) is 0. The van der Waals surface area contributed by atoms with Gasteiger partial charge in [0.15, 0.2) is 0 Å². The van der Waals surface area contributed by atoms with Gasteiger partial charge in [0.2, 0.25) is 0 Å². The fraction of sp³-hybridized carbons (Fsp3) is 0.214. The number of nitrogens with two attached hydrogens (primary N) is 1. The molecule has 0 unspecified atom stereocenters. The average molecular weight is 336 g/mol. The normalized spacial score (nSPS) is 10.3. The molecule has 1 aromatic carbocycles. The third-order valence-electron chi connectivity index (χ3n) is 2.64. The number of carbonyl (C=O) groups excluding carboxylic acids is 1. The highest BCUT2D eigenvalue weighted by atomic mass is 79.9. The van der Waals surface area contributed by atoms with Crippen molar-refractivity contribution >= 4 is 27.7 Å². The van der Waals surface area contributed by atoms with Crippen LogP contribution in [0.15, 0.2) is 34.9 Å². The summed E-state index contributed by atoms with van der Waals surface area (Å²) in [5, 5.41) is 0. The Hall–Kier alpha value is -1.95. The first-order valence-corrected chi connectivity index (χ1v) is 6.92. The fourth-order valence-electron chi connectivity index (χ4n) is 1.67. The monoisotopic (exact) mass is 335 g/mol. The van der Waals surface area contributed by atoms with Crippen molar-refractivity contribution in [2.75, 3.05) is 12.3 Å². The minimum atomic E-state index is -0.500. The Morgan fingerprint density at radius 3 is 2.65 bits per heavy atom. The third-order valence-corrected chi connectivity index (χ3v) is 3.17. The van der Waals surface area contributed by atoms with Crippen molar-refractivity contribution in [1.82, 2.24) is 9.97 Å². The van der Waals surface area contributed by atoms with Crippen LogP contribution in [0.1, 0.15) is 28.7 Å². The Balaban J connectivity index is 2.16. The maximum Gasteiger partial charge on any atom is 0.343 e. The Morgan fingerprint density at radius 1 is 1.35 bits per heavy atom. The van der Waals surface area contributed by atoms with Gasteiger partial charge in [-0.15, -0.1) is 0 Å². The van der Waals surface area contributed by atoms with Crippen LogP contribution < -0.4 is 5.73 Å². The molecular formula is C14H14BrN3O2. The lowest BCUT2D eigenvalue weighted by Gasteiger charge is -2.06. The van der Waals surface area contributed by atoms with Crippen molar-refractivity contribution in [2.24, 2.45) is 0 Å². The number of nitrogens with zero attached hydrogens (tertiary/aromatic N) is 2. The zero-order valence-electron chi connectivity index (χ0n) is 11.0. The van der Waals surface area contributed by atoms with Crippen LogP contribution in [0.5, 0.6) is 0 Å². The molecule has 0 atom stereocenters. The quantitative estimate of drug-likeness (QED) is 0.869. The number of rotatable bonds is 4. The van der Waals surface area contributed by atoms with Gasteiger partial charge in [-0.1, -0.05) is 28.1 Å². The van der Waals surface area contributed by atoms with Gasteiger partial charge < -0.3 is 10.5 Å². The zero-order valence-corrected chi connectivity index (χ0v) is 12.6. The van der Waals surface area contributed by atoms with Gasteiger partial charge in [-0.2, -0.15) is 0 Å². The molecule has 20 heavy (non-hydrogen) atoms. The standard InChI is InChI=1S/C14H14BrN3O2/c1-2-20-14(19)11-8-17-12(18-13(11)16)7-9-3-5-10(15)6-4-9/h3-6,8H,2,7H2,1H3,(H2,16,17,18). The summed E-state index contributed by atoms with van der Waals surface area (Å²) in [5.74, 6) is 0.212. The maximum absolute atomic E-state index is 11.6. The summed E-state index contributed by atoms with van der Waals surface area (Å²) < 4.78 is 5.89. The van der Waals surface area contributed by atoms with Crippen molar-refractivity contribution < 1.29 is 9.53 Å². The van der Waals surface area contributed by atoms with Crippen LogP contribution in [0, 0.1) is 0 Å². The minimum Gasteiger partial charge on any atom is -0.462 e. The van der Waals surface area contributed by atoms with Crippen molar-refractivity contribution in [2.45, 2.75) is 13.3 Å². The summed E-state index contributed by atoms with van der Waals surface area (Å²) in [6.45, 7) is 2.02. The summed E-state index contributed by atoms with van der Waals surface area (Å²) in [4.78, 5) is 19.9. The average Bonchev–Trinajstić information content (AvgIpc) is 2.42. The van der Waals surface area contributed by atoms with E-state index >= 15 is 0 Å².